The normalized spacial score (nSPS) is 10.6. The van der Waals surface area contributed by atoms with Crippen LogP contribution in [0.1, 0.15) is 28.4 Å². The van der Waals surface area contributed by atoms with Gasteiger partial charge < -0.3 is 0 Å². The molecule has 0 fully saturated rings. The van der Waals surface area contributed by atoms with Crippen molar-refractivity contribution in [1.82, 2.24) is 0 Å². The second-order valence-corrected chi connectivity index (χ2v) is 5.07. The molecule has 0 aliphatic heterocycles. The third-order valence-electron chi connectivity index (χ3n) is 3.25. The molecule has 0 radical (unpaired) electrons. The minimum absolute atomic E-state index is 0.0961. The molecule has 0 spiro atoms. The van der Waals surface area contributed by atoms with Crippen molar-refractivity contribution in [3.63, 3.8) is 0 Å². The Morgan fingerprint density at radius 1 is 1.05 bits per heavy atom. The molecule has 19 heavy (non-hydrogen) atoms. The van der Waals surface area contributed by atoms with Crippen LogP contribution in [0.3, 0.4) is 0 Å². The van der Waals surface area contributed by atoms with Gasteiger partial charge in [0.05, 0.1) is 0 Å². The Bertz CT molecular complexity index is 662. The maximum Gasteiger partial charge on any atom is 0.159 e. The molecule has 0 amide bonds. The van der Waals surface area contributed by atoms with Crippen LogP contribution in [0.4, 0.5) is 4.39 Å². The topological polar surface area (TPSA) is 17.1 Å². The van der Waals surface area contributed by atoms with Crippen LogP contribution in [0.25, 0.3) is 11.1 Å². The average molecular weight is 277 g/mol. The lowest BCUT2D eigenvalue weighted by Gasteiger charge is -2.10. The highest BCUT2D eigenvalue weighted by molar-refractivity contribution is 6.33. The van der Waals surface area contributed by atoms with Crippen molar-refractivity contribution in [2.24, 2.45) is 0 Å². The maximum atomic E-state index is 14.0. The minimum Gasteiger partial charge on any atom is -0.295 e. The highest BCUT2D eigenvalue weighted by Crippen LogP contribution is 2.32. The molecular weight excluding hydrogens is 263 g/mol. The molecule has 0 N–H and O–H groups in total. The Balaban J connectivity index is 2.67. The van der Waals surface area contributed by atoms with Crippen molar-refractivity contribution in [1.29, 1.82) is 0 Å². The van der Waals surface area contributed by atoms with Gasteiger partial charge in [-0.25, -0.2) is 4.39 Å². The first kappa shape index (κ1) is 13.8. The zero-order chi connectivity index (χ0) is 14.2. The highest BCUT2D eigenvalue weighted by atomic mass is 35.5. The van der Waals surface area contributed by atoms with Gasteiger partial charge in [0, 0.05) is 21.7 Å². The van der Waals surface area contributed by atoms with Crippen molar-refractivity contribution in [3.05, 3.63) is 57.9 Å². The van der Waals surface area contributed by atoms with Crippen LogP contribution in [0.2, 0.25) is 5.02 Å². The van der Waals surface area contributed by atoms with E-state index in [0.29, 0.717) is 21.7 Å². The number of ketones is 1. The Labute approximate surface area is 117 Å². The molecule has 0 aliphatic carbocycles. The lowest BCUT2D eigenvalue weighted by atomic mass is 9.97. The van der Waals surface area contributed by atoms with Gasteiger partial charge in [0.25, 0.3) is 0 Å². The van der Waals surface area contributed by atoms with Crippen molar-refractivity contribution < 1.29 is 9.18 Å². The first-order valence-electron chi connectivity index (χ1n) is 5.97. The number of halogens is 2. The number of rotatable bonds is 2. The zero-order valence-corrected chi connectivity index (χ0v) is 11.8. The molecule has 0 saturated carbocycles. The second kappa shape index (κ2) is 5.14. The van der Waals surface area contributed by atoms with Gasteiger partial charge in [0.2, 0.25) is 0 Å². The predicted molar refractivity (Wildman–Crippen MR) is 76.3 cm³/mol. The van der Waals surface area contributed by atoms with Gasteiger partial charge in [-0.1, -0.05) is 11.6 Å². The van der Waals surface area contributed by atoms with Gasteiger partial charge in [-0.3, -0.25) is 4.79 Å². The molecule has 2 aromatic carbocycles. The molecule has 2 rings (SSSR count). The fourth-order valence-electron chi connectivity index (χ4n) is 1.94. The summed E-state index contributed by atoms with van der Waals surface area (Å²) in [5, 5.41) is 0.489. The summed E-state index contributed by atoms with van der Waals surface area (Å²) >= 11 is 6.19. The van der Waals surface area contributed by atoms with Gasteiger partial charge in [0.1, 0.15) is 5.82 Å². The third kappa shape index (κ3) is 2.69. The van der Waals surface area contributed by atoms with Crippen molar-refractivity contribution in [2.75, 3.05) is 0 Å². The molecule has 98 valence electrons. The molecule has 3 heteroatoms. The Kier molecular flexibility index (Phi) is 3.72. The van der Waals surface area contributed by atoms with Crippen LogP contribution >= 0.6 is 11.6 Å². The van der Waals surface area contributed by atoms with Crippen LogP contribution in [-0.2, 0) is 0 Å². The molecule has 0 heterocycles. The van der Waals surface area contributed by atoms with Crippen LogP contribution in [0.15, 0.2) is 30.3 Å². The molecule has 1 nitrogen and oxygen atoms in total. The molecule has 0 unspecified atom stereocenters. The van der Waals surface area contributed by atoms with Crippen molar-refractivity contribution >= 4 is 17.4 Å². The fraction of sp³-hybridized carbons (Fsp3) is 0.188. The zero-order valence-electron chi connectivity index (χ0n) is 11.1. The summed E-state index contributed by atoms with van der Waals surface area (Å²) in [5.41, 5.74) is 3.54. The van der Waals surface area contributed by atoms with E-state index in [1.165, 1.54) is 19.1 Å². The predicted octanol–water partition coefficient (Wildman–Crippen LogP) is 4.97. The number of Topliss-reactive ketones (excluding diaryl/α,β-unsaturated/α-hetero) is 1. The molecule has 0 atom stereocenters. The van der Waals surface area contributed by atoms with Gasteiger partial charge >= 0.3 is 0 Å². The van der Waals surface area contributed by atoms with Crippen molar-refractivity contribution in [3.8, 4) is 11.1 Å². The van der Waals surface area contributed by atoms with E-state index in [2.05, 4.69) is 0 Å². The minimum atomic E-state index is -0.379. The first-order chi connectivity index (χ1) is 8.90. The lowest BCUT2D eigenvalue weighted by molar-refractivity contribution is 0.101. The quantitative estimate of drug-likeness (QED) is 0.708. The van der Waals surface area contributed by atoms with E-state index in [4.69, 9.17) is 11.6 Å². The summed E-state index contributed by atoms with van der Waals surface area (Å²) in [7, 11) is 0. The van der Waals surface area contributed by atoms with Crippen LogP contribution in [0.5, 0.6) is 0 Å². The molecule has 0 saturated heterocycles. The highest BCUT2D eigenvalue weighted by Gasteiger charge is 2.12. The number of aryl methyl sites for hydroxylation is 2. The standard InChI is InChI=1S/C16H14ClFO/c1-9-6-13(15(17)7-10(9)2)14-8-12(11(3)19)4-5-16(14)18/h4-8H,1-3H3. The summed E-state index contributed by atoms with van der Waals surface area (Å²) in [6, 6.07) is 7.99. The molecule has 0 aromatic heterocycles. The molecule has 0 aliphatic rings. The van der Waals surface area contributed by atoms with Gasteiger partial charge in [-0.15, -0.1) is 0 Å². The van der Waals surface area contributed by atoms with Crippen LogP contribution in [-0.4, -0.2) is 5.78 Å². The summed E-state index contributed by atoms with van der Waals surface area (Å²) in [4.78, 5) is 11.4. The summed E-state index contributed by atoms with van der Waals surface area (Å²) in [6.07, 6.45) is 0. The summed E-state index contributed by atoms with van der Waals surface area (Å²) in [5.74, 6) is -0.476. The van der Waals surface area contributed by atoms with E-state index in [1.54, 1.807) is 6.07 Å². The van der Waals surface area contributed by atoms with Crippen LogP contribution < -0.4 is 0 Å². The fourth-order valence-corrected chi connectivity index (χ4v) is 2.26. The van der Waals surface area contributed by atoms with Gasteiger partial charge in [-0.2, -0.15) is 0 Å². The molecule has 2 aromatic rings. The summed E-state index contributed by atoms with van der Waals surface area (Å²) < 4.78 is 14.0. The van der Waals surface area contributed by atoms with Crippen LogP contribution in [0, 0.1) is 19.7 Å². The number of carbonyl (C=O) groups is 1. The third-order valence-corrected chi connectivity index (χ3v) is 3.56. The van der Waals surface area contributed by atoms with E-state index >= 15 is 0 Å². The number of hydrogen-bond acceptors (Lipinski definition) is 1. The lowest BCUT2D eigenvalue weighted by Crippen LogP contribution is -1.95. The Hall–Kier alpha value is -1.67. The van der Waals surface area contributed by atoms with Gasteiger partial charge in [-0.05, 0) is 62.2 Å². The number of hydrogen-bond donors (Lipinski definition) is 0. The molecule has 0 bridgehead atoms. The van der Waals surface area contributed by atoms with E-state index in [0.717, 1.165) is 11.1 Å². The van der Waals surface area contributed by atoms with Gasteiger partial charge in [0.15, 0.2) is 5.78 Å². The number of carbonyl (C=O) groups excluding carboxylic acids is 1. The SMILES string of the molecule is CC(=O)c1ccc(F)c(-c2cc(C)c(C)cc2Cl)c1. The van der Waals surface area contributed by atoms with E-state index in [9.17, 15) is 9.18 Å². The largest absolute Gasteiger partial charge is 0.295 e. The van der Waals surface area contributed by atoms with E-state index in [-0.39, 0.29) is 11.6 Å². The average Bonchev–Trinajstić information content (AvgIpc) is 2.34. The van der Waals surface area contributed by atoms with Crippen molar-refractivity contribution in [2.45, 2.75) is 20.8 Å². The Morgan fingerprint density at radius 3 is 2.32 bits per heavy atom. The monoisotopic (exact) mass is 276 g/mol. The Morgan fingerprint density at radius 2 is 1.68 bits per heavy atom. The van der Waals surface area contributed by atoms with E-state index < -0.39 is 0 Å². The summed E-state index contributed by atoms with van der Waals surface area (Å²) in [6.45, 7) is 5.36. The first-order valence-corrected chi connectivity index (χ1v) is 6.35. The maximum absolute atomic E-state index is 14.0. The van der Waals surface area contributed by atoms with E-state index in [1.807, 2.05) is 26.0 Å². The smallest absolute Gasteiger partial charge is 0.159 e. The number of benzene rings is 2. The second-order valence-electron chi connectivity index (χ2n) is 4.67. The molecular formula is C16H14ClFO.